The van der Waals surface area contributed by atoms with Crippen LogP contribution in [0, 0.1) is 0 Å². The van der Waals surface area contributed by atoms with Gasteiger partial charge in [0.15, 0.2) is 0 Å². The van der Waals surface area contributed by atoms with E-state index in [9.17, 15) is 19.2 Å². The lowest BCUT2D eigenvalue weighted by atomic mass is 9.96. The summed E-state index contributed by atoms with van der Waals surface area (Å²) in [5, 5.41) is 0. The van der Waals surface area contributed by atoms with Gasteiger partial charge in [0, 0.05) is 31.9 Å². The van der Waals surface area contributed by atoms with Crippen molar-refractivity contribution in [1.82, 2.24) is 19.6 Å². The van der Waals surface area contributed by atoms with Crippen molar-refractivity contribution in [2.24, 2.45) is 0 Å². The van der Waals surface area contributed by atoms with Gasteiger partial charge in [0.2, 0.25) is 11.8 Å². The standard InChI is InChI=1S/C23H34N4O5/c1-3-32-23(31)17-14-25(19-10-6-8-16(2)27(19)21(17)29)15-20(28)26-13-7-9-18(26)22(30)24-11-4-5-12-24/h14,16,18-19H,3-13,15H2,1-2H3. The van der Waals surface area contributed by atoms with Gasteiger partial charge in [-0.3, -0.25) is 14.4 Å². The van der Waals surface area contributed by atoms with E-state index < -0.39 is 12.0 Å². The van der Waals surface area contributed by atoms with Crippen LogP contribution in [0.15, 0.2) is 11.8 Å². The van der Waals surface area contributed by atoms with Gasteiger partial charge in [0.25, 0.3) is 5.91 Å². The predicted octanol–water partition coefficient (Wildman–Crippen LogP) is 1.09. The molecule has 9 nitrogen and oxygen atoms in total. The summed E-state index contributed by atoms with van der Waals surface area (Å²) >= 11 is 0. The molecule has 4 heterocycles. The van der Waals surface area contributed by atoms with Crippen molar-refractivity contribution >= 4 is 23.7 Å². The third-order valence-corrected chi connectivity index (χ3v) is 7.11. The van der Waals surface area contributed by atoms with Crippen molar-refractivity contribution in [3.63, 3.8) is 0 Å². The van der Waals surface area contributed by atoms with Crippen LogP contribution in [-0.4, -0.2) is 94.3 Å². The number of esters is 1. The average molecular weight is 447 g/mol. The van der Waals surface area contributed by atoms with Crippen LogP contribution in [-0.2, 0) is 23.9 Å². The monoisotopic (exact) mass is 446 g/mol. The van der Waals surface area contributed by atoms with Gasteiger partial charge in [0.05, 0.1) is 13.2 Å². The van der Waals surface area contributed by atoms with Crippen LogP contribution >= 0.6 is 0 Å². The van der Waals surface area contributed by atoms with Gasteiger partial charge < -0.3 is 24.3 Å². The molecule has 4 rings (SSSR count). The molecule has 0 aliphatic carbocycles. The third kappa shape index (κ3) is 4.21. The van der Waals surface area contributed by atoms with Gasteiger partial charge in [-0.2, -0.15) is 0 Å². The fourth-order valence-corrected chi connectivity index (χ4v) is 5.49. The van der Waals surface area contributed by atoms with E-state index in [0.29, 0.717) is 13.0 Å². The Balaban J connectivity index is 1.53. The topological polar surface area (TPSA) is 90.5 Å². The molecule has 0 saturated carbocycles. The Labute approximate surface area is 189 Å². The second-order valence-corrected chi connectivity index (χ2v) is 9.19. The van der Waals surface area contributed by atoms with E-state index in [1.807, 2.05) is 11.8 Å². The molecule has 0 radical (unpaired) electrons. The number of ether oxygens (including phenoxy) is 1. The first-order valence-corrected chi connectivity index (χ1v) is 12.0. The van der Waals surface area contributed by atoms with Gasteiger partial charge in [-0.25, -0.2) is 4.79 Å². The molecule has 9 heteroatoms. The number of fused-ring (bicyclic) bond motifs is 1. The zero-order chi connectivity index (χ0) is 22.8. The van der Waals surface area contributed by atoms with Gasteiger partial charge in [-0.1, -0.05) is 0 Å². The Morgan fingerprint density at radius 2 is 1.78 bits per heavy atom. The van der Waals surface area contributed by atoms with Gasteiger partial charge in [-0.15, -0.1) is 0 Å². The first-order chi connectivity index (χ1) is 15.4. The van der Waals surface area contributed by atoms with E-state index in [-0.39, 0.29) is 48.7 Å². The number of carbonyl (C=O) groups is 4. The van der Waals surface area contributed by atoms with Crippen molar-refractivity contribution in [2.75, 3.05) is 32.8 Å². The largest absolute Gasteiger partial charge is 0.462 e. The van der Waals surface area contributed by atoms with Crippen molar-refractivity contribution in [2.45, 2.75) is 77.0 Å². The maximum Gasteiger partial charge on any atom is 0.345 e. The summed E-state index contributed by atoms with van der Waals surface area (Å²) in [6, 6.07) is -0.421. The minimum atomic E-state index is -0.658. The highest BCUT2D eigenvalue weighted by atomic mass is 16.5. The lowest BCUT2D eigenvalue weighted by Gasteiger charge is -2.48. The fraction of sp³-hybridized carbons (Fsp3) is 0.739. The Morgan fingerprint density at radius 1 is 1.03 bits per heavy atom. The number of likely N-dealkylation sites (tertiary alicyclic amines) is 2. The van der Waals surface area contributed by atoms with Crippen molar-refractivity contribution < 1.29 is 23.9 Å². The second kappa shape index (κ2) is 9.50. The van der Waals surface area contributed by atoms with Crippen LogP contribution < -0.4 is 0 Å². The van der Waals surface area contributed by atoms with Crippen LogP contribution in [0.25, 0.3) is 0 Å². The van der Waals surface area contributed by atoms with Crippen molar-refractivity contribution in [1.29, 1.82) is 0 Å². The number of piperidine rings is 1. The normalized spacial score (nSPS) is 28.0. The first kappa shape index (κ1) is 22.6. The molecule has 0 bridgehead atoms. The Hall–Kier alpha value is -2.58. The summed E-state index contributed by atoms with van der Waals surface area (Å²) in [5.41, 5.74) is -0.0317. The molecule has 0 spiro atoms. The van der Waals surface area contributed by atoms with E-state index >= 15 is 0 Å². The summed E-state index contributed by atoms with van der Waals surface area (Å²) in [7, 11) is 0. The summed E-state index contributed by atoms with van der Waals surface area (Å²) in [5.74, 6) is -1.06. The molecular formula is C23H34N4O5. The molecule has 4 aliphatic rings. The first-order valence-electron chi connectivity index (χ1n) is 12.0. The maximum atomic E-state index is 13.3. The van der Waals surface area contributed by atoms with Crippen LogP contribution in [0.4, 0.5) is 0 Å². The number of nitrogens with zero attached hydrogens (tertiary/aromatic N) is 4. The molecule has 3 amide bonds. The summed E-state index contributed by atoms with van der Waals surface area (Å²) < 4.78 is 5.10. The molecule has 0 aromatic rings. The lowest BCUT2D eigenvalue weighted by molar-refractivity contribution is -0.151. The minimum absolute atomic E-state index is 0.0201. The molecule has 0 aromatic carbocycles. The fourth-order valence-electron chi connectivity index (χ4n) is 5.49. The molecule has 0 aromatic heterocycles. The highest BCUT2D eigenvalue weighted by Crippen LogP contribution is 2.32. The summed E-state index contributed by atoms with van der Waals surface area (Å²) in [4.78, 5) is 58.9. The Morgan fingerprint density at radius 3 is 2.50 bits per heavy atom. The maximum absolute atomic E-state index is 13.3. The molecule has 176 valence electrons. The number of rotatable bonds is 5. The molecule has 0 N–H and O–H groups in total. The second-order valence-electron chi connectivity index (χ2n) is 9.19. The van der Waals surface area contributed by atoms with E-state index in [2.05, 4.69) is 0 Å². The van der Waals surface area contributed by atoms with E-state index in [1.165, 1.54) is 6.20 Å². The molecule has 3 atom stereocenters. The highest BCUT2D eigenvalue weighted by molar-refractivity contribution is 6.16. The van der Waals surface area contributed by atoms with Gasteiger partial charge in [-0.05, 0) is 58.8 Å². The Kier molecular flexibility index (Phi) is 6.71. The quantitative estimate of drug-likeness (QED) is 0.464. The van der Waals surface area contributed by atoms with Crippen LogP contribution in [0.1, 0.15) is 58.8 Å². The number of hydrogen-bond donors (Lipinski definition) is 0. The summed E-state index contributed by atoms with van der Waals surface area (Å²) in [6.07, 6.45) is 7.33. The molecule has 3 unspecified atom stereocenters. The smallest absolute Gasteiger partial charge is 0.345 e. The zero-order valence-electron chi connectivity index (χ0n) is 19.1. The minimum Gasteiger partial charge on any atom is -0.462 e. The third-order valence-electron chi connectivity index (χ3n) is 7.11. The lowest BCUT2D eigenvalue weighted by Crippen LogP contribution is -2.61. The Bertz CT molecular complexity index is 806. The zero-order valence-corrected chi connectivity index (χ0v) is 19.1. The molecular weight excluding hydrogens is 412 g/mol. The molecule has 32 heavy (non-hydrogen) atoms. The van der Waals surface area contributed by atoms with E-state index in [4.69, 9.17) is 4.74 Å². The molecule has 4 aliphatic heterocycles. The number of carbonyl (C=O) groups excluding carboxylic acids is 4. The number of amides is 3. The summed E-state index contributed by atoms with van der Waals surface area (Å²) in [6.45, 7) is 5.99. The molecule has 3 saturated heterocycles. The predicted molar refractivity (Wildman–Crippen MR) is 116 cm³/mol. The van der Waals surface area contributed by atoms with Gasteiger partial charge >= 0.3 is 5.97 Å². The van der Waals surface area contributed by atoms with Crippen molar-refractivity contribution in [3.8, 4) is 0 Å². The molecule has 3 fully saturated rings. The van der Waals surface area contributed by atoms with E-state index in [1.54, 1.807) is 21.6 Å². The SMILES string of the molecule is CCOC(=O)C1=CN(CC(=O)N2CCCC2C(=O)N2CCCC2)C2CCCC(C)N2C1=O. The van der Waals surface area contributed by atoms with Crippen LogP contribution in [0.3, 0.4) is 0 Å². The van der Waals surface area contributed by atoms with Crippen LogP contribution in [0.5, 0.6) is 0 Å². The number of hydrogen-bond acceptors (Lipinski definition) is 6. The van der Waals surface area contributed by atoms with Crippen molar-refractivity contribution in [3.05, 3.63) is 11.8 Å². The van der Waals surface area contributed by atoms with Crippen LogP contribution in [0.2, 0.25) is 0 Å². The highest BCUT2D eigenvalue weighted by Gasteiger charge is 2.44. The average Bonchev–Trinajstić information content (AvgIpc) is 3.47. The van der Waals surface area contributed by atoms with Gasteiger partial charge in [0.1, 0.15) is 17.8 Å². The van der Waals surface area contributed by atoms with E-state index in [0.717, 1.165) is 51.6 Å².